The van der Waals surface area contributed by atoms with Crippen molar-refractivity contribution in [3.8, 4) is 6.07 Å². The molecule has 0 saturated carbocycles. The van der Waals surface area contributed by atoms with Gasteiger partial charge in [0.25, 0.3) is 10.0 Å². The van der Waals surface area contributed by atoms with Gasteiger partial charge in [0.2, 0.25) is 0 Å². The molecule has 0 aliphatic heterocycles. The van der Waals surface area contributed by atoms with Gasteiger partial charge in [0, 0.05) is 6.20 Å². The number of halogens is 1. The van der Waals surface area contributed by atoms with Gasteiger partial charge >= 0.3 is 0 Å². The summed E-state index contributed by atoms with van der Waals surface area (Å²) < 4.78 is 39.3. The van der Waals surface area contributed by atoms with Crippen molar-refractivity contribution in [2.75, 3.05) is 10.5 Å². The highest BCUT2D eigenvalue weighted by atomic mass is 32.2. The van der Waals surface area contributed by atoms with Gasteiger partial charge in [-0.1, -0.05) is 0 Å². The minimum atomic E-state index is -3.87. The summed E-state index contributed by atoms with van der Waals surface area (Å²) in [6.07, 6.45) is 1.06. The highest BCUT2D eigenvalue weighted by Crippen LogP contribution is 2.20. The van der Waals surface area contributed by atoms with Crippen molar-refractivity contribution < 1.29 is 12.8 Å². The Balaban J connectivity index is 2.30. The monoisotopic (exact) mass is 292 g/mol. The first-order chi connectivity index (χ1) is 9.42. The lowest BCUT2D eigenvalue weighted by molar-refractivity contribution is 0.600. The average Bonchev–Trinajstić information content (AvgIpc) is 2.43. The standard InChI is InChI=1S/C12H9FN4O2S/c13-11-4-2-8(5-12(11)15)17-20(18,19)10-3-1-9(6-14)16-7-10/h1-5,7,17H,15H2. The molecule has 0 aliphatic carbocycles. The SMILES string of the molecule is N#Cc1ccc(S(=O)(=O)Nc2ccc(F)c(N)c2)cn1. The third-order valence-corrected chi connectivity index (χ3v) is 3.78. The fourth-order valence-electron chi connectivity index (χ4n) is 1.43. The third kappa shape index (κ3) is 2.84. The molecule has 0 amide bonds. The van der Waals surface area contributed by atoms with E-state index >= 15 is 0 Å². The van der Waals surface area contributed by atoms with E-state index in [0.717, 1.165) is 12.3 Å². The maximum absolute atomic E-state index is 13.0. The van der Waals surface area contributed by atoms with Crippen molar-refractivity contribution >= 4 is 21.4 Å². The van der Waals surface area contributed by atoms with Crippen molar-refractivity contribution in [2.45, 2.75) is 4.90 Å². The Kier molecular flexibility index (Phi) is 3.54. The van der Waals surface area contributed by atoms with Crippen molar-refractivity contribution in [1.29, 1.82) is 5.26 Å². The highest BCUT2D eigenvalue weighted by molar-refractivity contribution is 7.92. The number of aromatic nitrogens is 1. The predicted molar refractivity (Wildman–Crippen MR) is 70.6 cm³/mol. The van der Waals surface area contributed by atoms with Gasteiger partial charge in [-0.05, 0) is 30.3 Å². The van der Waals surface area contributed by atoms with Crippen molar-refractivity contribution in [3.05, 3.63) is 48.0 Å². The number of hydrogen-bond acceptors (Lipinski definition) is 5. The quantitative estimate of drug-likeness (QED) is 0.833. The summed E-state index contributed by atoms with van der Waals surface area (Å²) in [5.41, 5.74) is 5.43. The minimum Gasteiger partial charge on any atom is -0.396 e. The van der Waals surface area contributed by atoms with Crippen LogP contribution in [0.3, 0.4) is 0 Å². The topological polar surface area (TPSA) is 109 Å². The van der Waals surface area contributed by atoms with Gasteiger partial charge in [0.15, 0.2) is 0 Å². The maximum Gasteiger partial charge on any atom is 0.263 e. The number of nitrogens with two attached hydrogens (primary N) is 1. The largest absolute Gasteiger partial charge is 0.396 e. The van der Waals surface area contributed by atoms with Crippen LogP contribution < -0.4 is 10.5 Å². The molecular weight excluding hydrogens is 283 g/mol. The van der Waals surface area contributed by atoms with Crippen LogP contribution in [0, 0.1) is 17.1 Å². The van der Waals surface area contributed by atoms with Crippen LogP contribution in [0.25, 0.3) is 0 Å². The number of sulfonamides is 1. The van der Waals surface area contributed by atoms with Gasteiger partial charge in [0.05, 0.1) is 11.4 Å². The molecule has 0 spiro atoms. The predicted octanol–water partition coefficient (Wildman–Crippen LogP) is 1.48. The second kappa shape index (κ2) is 5.14. The molecule has 0 aliphatic rings. The molecular formula is C12H9FN4O2S. The fraction of sp³-hybridized carbons (Fsp3) is 0. The van der Waals surface area contributed by atoms with E-state index in [1.54, 1.807) is 6.07 Å². The second-order valence-corrected chi connectivity index (χ2v) is 5.52. The van der Waals surface area contributed by atoms with Crippen LogP contribution >= 0.6 is 0 Å². The van der Waals surface area contributed by atoms with Gasteiger partial charge in [-0.15, -0.1) is 0 Å². The molecule has 0 bridgehead atoms. The van der Waals surface area contributed by atoms with Crippen LogP contribution in [-0.2, 0) is 10.0 Å². The molecule has 102 valence electrons. The van der Waals surface area contributed by atoms with Gasteiger partial charge in [-0.3, -0.25) is 4.72 Å². The molecule has 1 aromatic carbocycles. The molecule has 1 heterocycles. The van der Waals surface area contributed by atoms with E-state index < -0.39 is 15.8 Å². The Labute approximate surface area is 114 Å². The highest BCUT2D eigenvalue weighted by Gasteiger charge is 2.15. The molecule has 0 saturated heterocycles. The Morgan fingerprint density at radius 2 is 2.05 bits per heavy atom. The summed E-state index contributed by atoms with van der Waals surface area (Å²) in [7, 11) is -3.87. The lowest BCUT2D eigenvalue weighted by Crippen LogP contribution is -2.13. The molecule has 0 unspecified atom stereocenters. The summed E-state index contributed by atoms with van der Waals surface area (Å²) in [5.74, 6) is -0.631. The normalized spacial score (nSPS) is 10.8. The number of nitrogens with zero attached hydrogens (tertiary/aromatic N) is 2. The van der Waals surface area contributed by atoms with E-state index in [1.807, 2.05) is 0 Å². The fourth-order valence-corrected chi connectivity index (χ4v) is 2.42. The molecule has 2 rings (SSSR count). The first kappa shape index (κ1) is 13.8. The van der Waals surface area contributed by atoms with Crippen LogP contribution in [0.15, 0.2) is 41.4 Å². The van der Waals surface area contributed by atoms with Gasteiger partial charge in [-0.2, -0.15) is 5.26 Å². The summed E-state index contributed by atoms with van der Waals surface area (Å²) >= 11 is 0. The average molecular weight is 292 g/mol. The molecule has 1 aromatic heterocycles. The van der Waals surface area contributed by atoms with Crippen LogP contribution in [-0.4, -0.2) is 13.4 Å². The van der Waals surface area contributed by atoms with Crippen LogP contribution in [0.5, 0.6) is 0 Å². The van der Waals surface area contributed by atoms with Gasteiger partial charge in [0.1, 0.15) is 22.5 Å². The van der Waals surface area contributed by atoms with Crippen LogP contribution in [0.2, 0.25) is 0 Å². The van der Waals surface area contributed by atoms with E-state index in [2.05, 4.69) is 9.71 Å². The number of hydrogen-bond donors (Lipinski definition) is 2. The van der Waals surface area contributed by atoms with E-state index in [1.165, 1.54) is 24.3 Å². The zero-order valence-electron chi connectivity index (χ0n) is 10.0. The van der Waals surface area contributed by atoms with E-state index in [-0.39, 0.29) is 22.0 Å². The zero-order chi connectivity index (χ0) is 14.8. The maximum atomic E-state index is 13.0. The van der Waals surface area contributed by atoms with Gasteiger partial charge < -0.3 is 5.73 Å². The lowest BCUT2D eigenvalue weighted by atomic mass is 10.3. The smallest absolute Gasteiger partial charge is 0.263 e. The first-order valence-corrected chi connectivity index (χ1v) is 6.85. The second-order valence-electron chi connectivity index (χ2n) is 3.83. The number of benzene rings is 1. The van der Waals surface area contributed by atoms with Crippen molar-refractivity contribution in [1.82, 2.24) is 4.98 Å². The molecule has 6 nitrogen and oxygen atoms in total. The van der Waals surface area contributed by atoms with Crippen molar-refractivity contribution in [3.63, 3.8) is 0 Å². The third-order valence-electron chi connectivity index (χ3n) is 2.41. The lowest BCUT2D eigenvalue weighted by Gasteiger charge is -2.08. The molecule has 2 aromatic rings. The number of nitrogens with one attached hydrogen (secondary N) is 1. The Hall–Kier alpha value is -2.66. The number of nitrogen functional groups attached to an aromatic ring is 1. The Morgan fingerprint density at radius 3 is 2.60 bits per heavy atom. The zero-order valence-corrected chi connectivity index (χ0v) is 10.9. The number of pyridine rings is 1. The molecule has 0 atom stereocenters. The van der Waals surface area contributed by atoms with E-state index in [4.69, 9.17) is 11.0 Å². The summed E-state index contributed by atoms with van der Waals surface area (Å²) in [6.45, 7) is 0. The molecule has 3 N–H and O–H groups in total. The van der Waals surface area contributed by atoms with Crippen LogP contribution in [0.4, 0.5) is 15.8 Å². The Bertz CT molecular complexity index is 782. The van der Waals surface area contributed by atoms with E-state index in [9.17, 15) is 12.8 Å². The minimum absolute atomic E-state index is 0.106. The van der Waals surface area contributed by atoms with Crippen LogP contribution in [0.1, 0.15) is 5.69 Å². The number of anilines is 2. The molecule has 20 heavy (non-hydrogen) atoms. The number of nitriles is 1. The summed E-state index contributed by atoms with van der Waals surface area (Å²) in [6, 6.07) is 7.80. The molecule has 8 heteroatoms. The van der Waals surface area contributed by atoms with Gasteiger partial charge in [-0.25, -0.2) is 17.8 Å². The first-order valence-electron chi connectivity index (χ1n) is 5.36. The van der Waals surface area contributed by atoms with E-state index in [0.29, 0.717) is 0 Å². The Morgan fingerprint density at radius 1 is 1.30 bits per heavy atom. The molecule has 0 fully saturated rings. The van der Waals surface area contributed by atoms with Crippen molar-refractivity contribution in [2.24, 2.45) is 0 Å². The summed E-state index contributed by atoms with van der Waals surface area (Å²) in [5, 5.41) is 8.60. The molecule has 0 radical (unpaired) electrons. The number of rotatable bonds is 3. The summed E-state index contributed by atoms with van der Waals surface area (Å²) in [4.78, 5) is 3.56.